The summed E-state index contributed by atoms with van der Waals surface area (Å²) in [6.45, 7) is 1.07. The number of aliphatic hydroxyl groups is 1. The topological polar surface area (TPSA) is 46.5 Å². The van der Waals surface area contributed by atoms with Crippen LogP contribution in [0.15, 0.2) is 65.4 Å². The van der Waals surface area contributed by atoms with Gasteiger partial charge in [0.05, 0.1) is 36.4 Å². The van der Waals surface area contributed by atoms with Crippen molar-refractivity contribution in [3.63, 3.8) is 0 Å². The van der Waals surface area contributed by atoms with E-state index in [0.29, 0.717) is 27.6 Å². The minimum atomic E-state index is -1.72. The van der Waals surface area contributed by atoms with Crippen LogP contribution in [0.3, 0.4) is 0 Å². The molecular formula is C27H32NO3S2+. The average molecular weight is 483 g/mol. The van der Waals surface area contributed by atoms with Gasteiger partial charge in [-0.2, -0.15) is 0 Å². The molecule has 174 valence electrons. The van der Waals surface area contributed by atoms with E-state index in [2.05, 4.69) is 44.4 Å². The maximum Gasteiger partial charge on any atom is 0.349 e. The number of fused-ring (bicyclic) bond motifs is 2. The first-order valence-electron chi connectivity index (χ1n) is 11.8. The first kappa shape index (κ1) is 22.8. The van der Waals surface area contributed by atoms with Crippen molar-refractivity contribution in [1.82, 2.24) is 0 Å². The van der Waals surface area contributed by atoms with Crippen LogP contribution in [-0.2, 0) is 21.6 Å². The average Bonchev–Trinajstić information content (AvgIpc) is 3.62. The normalized spacial score (nSPS) is 24.8. The molecule has 6 heteroatoms. The highest BCUT2D eigenvalue weighted by Gasteiger charge is 2.58. The van der Waals surface area contributed by atoms with Gasteiger partial charge in [0.2, 0.25) is 5.60 Å². The summed E-state index contributed by atoms with van der Waals surface area (Å²) < 4.78 is 7.10. The summed E-state index contributed by atoms with van der Waals surface area (Å²) in [7, 11) is 4.66. The molecule has 4 nitrogen and oxygen atoms in total. The Morgan fingerprint density at radius 1 is 1.03 bits per heavy atom. The Bertz CT molecular complexity index is 1030. The molecule has 5 rings (SSSR count). The minimum Gasteiger partial charge on any atom is -0.459 e. The van der Waals surface area contributed by atoms with Crippen LogP contribution in [0.1, 0.15) is 34.6 Å². The third-order valence-electron chi connectivity index (χ3n) is 7.74. The maximum absolute atomic E-state index is 13.5. The van der Waals surface area contributed by atoms with Crippen LogP contribution in [0.4, 0.5) is 0 Å². The van der Waals surface area contributed by atoms with E-state index < -0.39 is 11.6 Å². The number of hydrogen-bond donors (Lipinski definition) is 1. The van der Waals surface area contributed by atoms with Gasteiger partial charge in [-0.3, -0.25) is 0 Å². The predicted octanol–water partition coefficient (Wildman–Crippen LogP) is 5.07. The van der Waals surface area contributed by atoms with Gasteiger partial charge in [-0.15, -0.1) is 22.7 Å². The van der Waals surface area contributed by atoms with E-state index in [1.807, 2.05) is 35.0 Å². The molecule has 0 radical (unpaired) electrons. The van der Waals surface area contributed by atoms with Gasteiger partial charge in [-0.1, -0.05) is 42.5 Å². The van der Waals surface area contributed by atoms with E-state index in [9.17, 15) is 9.90 Å². The van der Waals surface area contributed by atoms with Gasteiger partial charge in [-0.05, 0) is 47.7 Å². The summed E-state index contributed by atoms with van der Waals surface area (Å²) in [4.78, 5) is 14.7. The molecule has 3 aromatic rings. The zero-order valence-corrected chi connectivity index (χ0v) is 20.9. The summed E-state index contributed by atoms with van der Waals surface area (Å²) in [5.41, 5.74) is -0.355. The maximum atomic E-state index is 13.5. The van der Waals surface area contributed by atoms with E-state index in [1.54, 1.807) is 0 Å². The molecule has 2 heterocycles. The number of carbonyl (C=O) groups is 1. The molecule has 2 aliphatic rings. The number of ether oxygens (including phenoxy) is 1. The molecule has 0 aliphatic heterocycles. The van der Waals surface area contributed by atoms with Gasteiger partial charge in [0, 0.05) is 18.3 Å². The van der Waals surface area contributed by atoms with Crippen molar-refractivity contribution >= 4 is 28.6 Å². The number of quaternary nitrogens is 1. The molecule has 0 saturated heterocycles. The van der Waals surface area contributed by atoms with Crippen molar-refractivity contribution in [3.8, 4) is 0 Å². The Morgan fingerprint density at radius 2 is 1.70 bits per heavy atom. The lowest BCUT2D eigenvalue weighted by atomic mass is 9.96. The van der Waals surface area contributed by atoms with Gasteiger partial charge in [0.25, 0.3) is 0 Å². The standard InChI is InChI=1S/C27H32NO3S2/c1-28(2,15-14-19-8-4-3-5-9-19)25-20-12-13-21(25)22(18-20)31-26(29)27(30,23-10-6-16-32-23)24-11-7-17-33-24/h3-11,16-17,20-22,25,30H,12-15,18H2,1-2H3/q+1/t20?,21-,22-,25?/m1/s1. The van der Waals surface area contributed by atoms with Gasteiger partial charge >= 0.3 is 5.97 Å². The third-order valence-corrected chi connectivity index (χ3v) is 9.70. The van der Waals surface area contributed by atoms with Gasteiger partial charge in [0.15, 0.2) is 0 Å². The van der Waals surface area contributed by atoms with Crippen LogP contribution in [0.5, 0.6) is 0 Å². The summed E-state index contributed by atoms with van der Waals surface area (Å²) in [6, 6.07) is 18.5. The number of esters is 1. The van der Waals surface area contributed by atoms with Crippen LogP contribution < -0.4 is 0 Å². The van der Waals surface area contributed by atoms with Crippen LogP contribution in [-0.4, -0.2) is 48.3 Å². The molecule has 1 aromatic carbocycles. The third kappa shape index (κ3) is 4.18. The molecule has 4 atom stereocenters. The second-order valence-electron chi connectivity index (χ2n) is 10.1. The first-order chi connectivity index (χ1) is 15.9. The lowest BCUT2D eigenvalue weighted by Gasteiger charge is -2.39. The Labute approximate surface area is 204 Å². The van der Waals surface area contributed by atoms with Crippen LogP contribution in [0.2, 0.25) is 0 Å². The van der Waals surface area contributed by atoms with Crippen LogP contribution in [0, 0.1) is 11.8 Å². The van der Waals surface area contributed by atoms with Crippen molar-refractivity contribution in [2.75, 3.05) is 20.6 Å². The van der Waals surface area contributed by atoms with E-state index >= 15 is 0 Å². The van der Waals surface area contributed by atoms with Gasteiger partial charge in [-0.25, -0.2) is 4.79 Å². The highest BCUT2D eigenvalue weighted by atomic mass is 32.1. The lowest BCUT2D eigenvalue weighted by molar-refractivity contribution is -0.919. The number of thiophene rings is 2. The lowest BCUT2D eigenvalue weighted by Crippen LogP contribution is -2.53. The molecule has 0 spiro atoms. The highest BCUT2D eigenvalue weighted by molar-refractivity contribution is 7.12. The number of nitrogens with zero attached hydrogens (tertiary/aromatic N) is 1. The number of rotatable bonds is 8. The molecule has 0 amide bonds. The Hall–Kier alpha value is -1.99. The van der Waals surface area contributed by atoms with E-state index in [1.165, 1.54) is 34.7 Å². The van der Waals surface area contributed by atoms with Crippen molar-refractivity contribution in [1.29, 1.82) is 0 Å². The van der Waals surface area contributed by atoms with Crippen molar-refractivity contribution in [3.05, 3.63) is 80.7 Å². The zero-order chi connectivity index (χ0) is 23.1. The second kappa shape index (κ2) is 8.99. The van der Waals surface area contributed by atoms with Gasteiger partial charge in [0.1, 0.15) is 6.10 Å². The molecule has 33 heavy (non-hydrogen) atoms. The molecule has 2 aliphatic carbocycles. The Kier molecular flexibility index (Phi) is 6.21. The summed E-state index contributed by atoms with van der Waals surface area (Å²) in [5, 5.41) is 15.4. The molecule has 2 fully saturated rings. The quantitative estimate of drug-likeness (QED) is 0.360. The molecule has 2 saturated carbocycles. The van der Waals surface area contributed by atoms with Crippen LogP contribution in [0.25, 0.3) is 0 Å². The monoisotopic (exact) mass is 482 g/mol. The van der Waals surface area contributed by atoms with E-state index in [0.717, 1.165) is 30.3 Å². The number of benzene rings is 1. The van der Waals surface area contributed by atoms with Crippen LogP contribution >= 0.6 is 22.7 Å². The minimum absolute atomic E-state index is 0.123. The molecule has 2 aromatic heterocycles. The highest BCUT2D eigenvalue weighted by Crippen LogP contribution is 2.51. The van der Waals surface area contributed by atoms with Crippen molar-refractivity contribution in [2.24, 2.45) is 11.8 Å². The largest absolute Gasteiger partial charge is 0.459 e. The Balaban J connectivity index is 1.32. The predicted molar refractivity (Wildman–Crippen MR) is 133 cm³/mol. The SMILES string of the molecule is C[N+](C)(CCc1ccccc1)C1C2CC[C@@H]1[C@H](OC(=O)C(O)(c1cccs1)c1cccs1)C2. The first-order valence-corrected chi connectivity index (χ1v) is 13.5. The number of carbonyl (C=O) groups excluding carboxylic acids is 1. The molecule has 2 unspecified atom stereocenters. The summed E-state index contributed by atoms with van der Waals surface area (Å²) >= 11 is 2.78. The smallest absolute Gasteiger partial charge is 0.349 e. The fourth-order valence-electron chi connectivity index (χ4n) is 6.18. The van der Waals surface area contributed by atoms with E-state index in [-0.39, 0.29) is 6.10 Å². The molecular weight excluding hydrogens is 450 g/mol. The number of likely N-dealkylation sites (N-methyl/N-ethyl adjacent to an activating group) is 1. The summed E-state index contributed by atoms with van der Waals surface area (Å²) in [6.07, 6.45) is 4.12. The van der Waals surface area contributed by atoms with Gasteiger partial charge < -0.3 is 14.3 Å². The number of hydrogen-bond acceptors (Lipinski definition) is 5. The zero-order valence-electron chi connectivity index (χ0n) is 19.2. The fourth-order valence-corrected chi connectivity index (χ4v) is 7.90. The van der Waals surface area contributed by atoms with E-state index in [4.69, 9.17) is 4.74 Å². The molecule has 2 bridgehead atoms. The Morgan fingerprint density at radius 3 is 2.30 bits per heavy atom. The molecule has 1 N–H and O–H groups in total. The summed E-state index contributed by atoms with van der Waals surface area (Å²) in [5.74, 6) is 0.383. The van der Waals surface area contributed by atoms with Crippen molar-refractivity contribution < 1.29 is 19.1 Å². The second-order valence-corrected chi connectivity index (χ2v) is 12.0. The van der Waals surface area contributed by atoms with Crippen molar-refractivity contribution in [2.45, 2.75) is 43.4 Å². The fraction of sp³-hybridized carbons (Fsp3) is 0.444.